The van der Waals surface area contributed by atoms with E-state index in [9.17, 15) is 0 Å². The van der Waals surface area contributed by atoms with Gasteiger partial charge in [0.15, 0.2) is 18.6 Å². The number of halogens is 1. The molecule has 0 amide bonds. The number of rotatable bonds is 2. The van der Waals surface area contributed by atoms with Crippen molar-refractivity contribution in [2.45, 2.75) is 19.8 Å². The normalized spacial score (nSPS) is 16.7. The topological polar surface area (TPSA) is 7.12 Å². The molecule has 2 rings (SSSR count). The van der Waals surface area contributed by atoms with Crippen molar-refractivity contribution in [3.8, 4) is 0 Å². The summed E-state index contributed by atoms with van der Waals surface area (Å²) in [6, 6.07) is 4.33. The quantitative estimate of drug-likeness (QED) is 0.652. The highest BCUT2D eigenvalue weighted by Crippen LogP contribution is 2.21. The van der Waals surface area contributed by atoms with E-state index >= 15 is 0 Å². The number of hydrogen-bond acceptors (Lipinski definition) is 1. The van der Waals surface area contributed by atoms with Gasteiger partial charge in [-0.15, -0.1) is 0 Å². The molecule has 2 nitrogen and oxygen atoms in total. The van der Waals surface area contributed by atoms with Gasteiger partial charge in [-0.25, -0.2) is 0 Å². The second-order valence-corrected chi connectivity index (χ2v) is 4.36. The Morgan fingerprint density at radius 2 is 1.88 bits per heavy atom. The molecule has 88 valence electrons. The Morgan fingerprint density at radius 1 is 1.31 bits per heavy atom. The van der Waals surface area contributed by atoms with Gasteiger partial charge in [0, 0.05) is 30.9 Å². The molecule has 16 heavy (non-hydrogen) atoms. The predicted octanol–water partition coefficient (Wildman–Crippen LogP) is -0.685. The van der Waals surface area contributed by atoms with Crippen LogP contribution >= 0.6 is 0 Å². The third-order valence-electron chi connectivity index (χ3n) is 3.19. The zero-order valence-corrected chi connectivity index (χ0v) is 11.4. The van der Waals surface area contributed by atoms with Gasteiger partial charge in [-0.2, -0.15) is 4.57 Å². The van der Waals surface area contributed by atoms with Crippen LogP contribution < -0.4 is 26.4 Å². The second-order valence-electron chi connectivity index (χ2n) is 4.36. The van der Waals surface area contributed by atoms with Crippen LogP contribution in [0.1, 0.15) is 19.8 Å². The molecular weight excluding hydrogens is 264 g/mol. The van der Waals surface area contributed by atoms with Crippen LogP contribution in [0.5, 0.6) is 0 Å². The van der Waals surface area contributed by atoms with Crippen molar-refractivity contribution in [3.05, 3.63) is 31.1 Å². The molecule has 1 saturated heterocycles. The molecule has 0 spiro atoms. The van der Waals surface area contributed by atoms with Crippen molar-refractivity contribution < 1.29 is 21.5 Å². The van der Waals surface area contributed by atoms with E-state index in [-0.39, 0.29) is 17.0 Å². The Labute approximate surface area is 108 Å². The highest BCUT2D eigenvalue weighted by molar-refractivity contribution is 5.44. The molecule has 2 heterocycles. The van der Waals surface area contributed by atoms with Gasteiger partial charge >= 0.3 is 0 Å². The molecule has 0 radical (unpaired) electrons. The van der Waals surface area contributed by atoms with E-state index in [0.717, 1.165) is 5.92 Å². The molecule has 1 aliphatic rings. The molecule has 1 aromatic rings. The standard InChI is InChI=1S/C13H19N2.BrH/c1-3-14-8-6-13(7-9-14)15-10-4-12(2)5-11-15;/h3,6-9,12H,1,4-5,10-11H2,2H3;1H/q+1;/p-1. The second kappa shape index (κ2) is 6.04. The highest BCUT2D eigenvalue weighted by Gasteiger charge is 2.16. The largest absolute Gasteiger partial charge is 1.00 e. The Bertz CT molecular complexity index is 326. The third kappa shape index (κ3) is 3.08. The number of aromatic nitrogens is 1. The summed E-state index contributed by atoms with van der Waals surface area (Å²) in [7, 11) is 0. The lowest BCUT2D eigenvalue weighted by Crippen LogP contribution is -3.00. The maximum Gasteiger partial charge on any atom is 0.176 e. The Kier molecular flexibility index (Phi) is 5.00. The van der Waals surface area contributed by atoms with Crippen LogP contribution in [-0.2, 0) is 0 Å². The van der Waals surface area contributed by atoms with Crippen molar-refractivity contribution in [2.24, 2.45) is 5.92 Å². The first-order valence-electron chi connectivity index (χ1n) is 5.68. The van der Waals surface area contributed by atoms with E-state index in [0.29, 0.717) is 0 Å². The summed E-state index contributed by atoms with van der Waals surface area (Å²) in [6.07, 6.45) is 8.55. The van der Waals surface area contributed by atoms with Crippen molar-refractivity contribution in [2.75, 3.05) is 18.0 Å². The van der Waals surface area contributed by atoms with Crippen LogP contribution in [-0.4, -0.2) is 13.1 Å². The minimum atomic E-state index is 0. The lowest BCUT2D eigenvalue weighted by molar-refractivity contribution is -0.567. The zero-order chi connectivity index (χ0) is 10.7. The van der Waals surface area contributed by atoms with E-state index in [2.05, 4.69) is 42.9 Å². The van der Waals surface area contributed by atoms with Crippen molar-refractivity contribution in [1.29, 1.82) is 0 Å². The summed E-state index contributed by atoms with van der Waals surface area (Å²) in [6.45, 7) is 8.46. The maximum atomic E-state index is 3.73. The van der Waals surface area contributed by atoms with Crippen molar-refractivity contribution >= 4 is 11.9 Å². The lowest BCUT2D eigenvalue weighted by atomic mass is 9.99. The van der Waals surface area contributed by atoms with Crippen LogP contribution in [0.2, 0.25) is 0 Å². The molecule has 0 N–H and O–H groups in total. The van der Waals surface area contributed by atoms with E-state index in [1.165, 1.54) is 31.6 Å². The predicted molar refractivity (Wildman–Crippen MR) is 63.6 cm³/mol. The number of anilines is 1. The van der Waals surface area contributed by atoms with E-state index in [1.54, 1.807) is 0 Å². The zero-order valence-electron chi connectivity index (χ0n) is 9.77. The molecule has 0 aliphatic carbocycles. The Hall–Kier alpha value is -0.830. The van der Waals surface area contributed by atoms with E-state index in [1.807, 2.05) is 10.8 Å². The fraction of sp³-hybridized carbons (Fsp3) is 0.462. The SMILES string of the molecule is C=C[n+]1ccc(N2CCC(C)CC2)cc1.[Br-]. The summed E-state index contributed by atoms with van der Waals surface area (Å²) < 4.78 is 1.97. The maximum absolute atomic E-state index is 3.73. The molecule has 0 unspecified atom stereocenters. The van der Waals surface area contributed by atoms with Crippen molar-refractivity contribution in [3.63, 3.8) is 0 Å². The molecule has 1 aliphatic heterocycles. The average molecular weight is 283 g/mol. The molecule has 1 aromatic heterocycles. The number of piperidine rings is 1. The summed E-state index contributed by atoms with van der Waals surface area (Å²) in [5.74, 6) is 0.892. The first-order chi connectivity index (χ1) is 7.29. The fourth-order valence-corrected chi connectivity index (χ4v) is 2.03. The average Bonchev–Trinajstić information content (AvgIpc) is 2.30. The summed E-state index contributed by atoms with van der Waals surface area (Å²) in [4.78, 5) is 2.47. The van der Waals surface area contributed by atoms with Crippen LogP contribution in [0.25, 0.3) is 6.20 Å². The summed E-state index contributed by atoms with van der Waals surface area (Å²) in [5.41, 5.74) is 1.33. The van der Waals surface area contributed by atoms with Crippen LogP contribution in [0, 0.1) is 5.92 Å². The molecule has 0 atom stereocenters. The van der Waals surface area contributed by atoms with Gasteiger partial charge in [0.2, 0.25) is 0 Å². The van der Waals surface area contributed by atoms with Gasteiger partial charge < -0.3 is 21.9 Å². The third-order valence-corrected chi connectivity index (χ3v) is 3.19. The molecule has 0 saturated carbocycles. The van der Waals surface area contributed by atoms with Gasteiger partial charge in [0.25, 0.3) is 0 Å². The highest BCUT2D eigenvalue weighted by atomic mass is 79.9. The molecule has 0 bridgehead atoms. The number of pyridine rings is 1. The van der Waals surface area contributed by atoms with Crippen LogP contribution in [0.4, 0.5) is 5.69 Å². The minimum absolute atomic E-state index is 0. The van der Waals surface area contributed by atoms with Gasteiger partial charge in [-0.3, -0.25) is 0 Å². The molecule has 0 aromatic carbocycles. The van der Waals surface area contributed by atoms with Gasteiger partial charge in [0.1, 0.15) is 0 Å². The molecule has 1 fully saturated rings. The van der Waals surface area contributed by atoms with Crippen molar-refractivity contribution in [1.82, 2.24) is 0 Å². The smallest absolute Gasteiger partial charge is 0.176 e. The molecule has 3 heteroatoms. The Morgan fingerprint density at radius 3 is 2.38 bits per heavy atom. The summed E-state index contributed by atoms with van der Waals surface area (Å²) in [5, 5.41) is 0. The van der Waals surface area contributed by atoms with Gasteiger partial charge in [-0.05, 0) is 25.3 Å². The summed E-state index contributed by atoms with van der Waals surface area (Å²) >= 11 is 0. The number of hydrogen-bond donors (Lipinski definition) is 0. The van der Waals surface area contributed by atoms with Gasteiger partial charge in [-0.1, -0.05) is 6.92 Å². The van der Waals surface area contributed by atoms with E-state index < -0.39 is 0 Å². The van der Waals surface area contributed by atoms with Gasteiger partial charge in [0.05, 0.1) is 0 Å². The van der Waals surface area contributed by atoms with Crippen LogP contribution in [0.3, 0.4) is 0 Å². The monoisotopic (exact) mass is 282 g/mol. The molecular formula is C13H19BrN2. The first-order valence-corrected chi connectivity index (χ1v) is 5.68. The van der Waals surface area contributed by atoms with Crippen LogP contribution in [0.15, 0.2) is 31.1 Å². The number of nitrogens with zero attached hydrogens (tertiary/aromatic N) is 2. The lowest BCUT2D eigenvalue weighted by Gasteiger charge is -2.31. The minimum Gasteiger partial charge on any atom is -1.00 e. The Balaban J connectivity index is 0.00000128. The first kappa shape index (κ1) is 13.2. The fourth-order valence-electron chi connectivity index (χ4n) is 2.03. The van der Waals surface area contributed by atoms with E-state index in [4.69, 9.17) is 0 Å².